The molecule has 0 radical (unpaired) electrons. The Bertz CT molecular complexity index is 1160. The second-order valence-electron chi connectivity index (χ2n) is 14.9. The van der Waals surface area contributed by atoms with Gasteiger partial charge in [-0.3, -0.25) is 14.4 Å². The van der Waals surface area contributed by atoms with Crippen LogP contribution in [0, 0.1) is 34.5 Å². The molecular weight excluding hydrogens is 560 g/mol. The Morgan fingerprint density at radius 3 is 2.16 bits per heavy atom. The molecule has 1 saturated heterocycles. The topological polar surface area (TPSA) is 141 Å². The molecule has 0 aromatic rings. The number of aliphatic hydroxyl groups excluding tert-OH is 1. The number of allylic oxidation sites excluding steroid dienone is 4. The van der Waals surface area contributed by atoms with Crippen molar-refractivity contribution >= 4 is 17.9 Å². The summed E-state index contributed by atoms with van der Waals surface area (Å²) in [6.45, 7) is 19.5. The number of hydrogen-bond donors (Lipinski definition) is 4. The fourth-order valence-corrected chi connectivity index (χ4v) is 8.89. The molecule has 2 fully saturated rings. The number of ether oxygens (including phenoxy) is 1. The van der Waals surface area contributed by atoms with Gasteiger partial charge in [0.15, 0.2) is 0 Å². The second kappa shape index (κ2) is 13.9. The van der Waals surface area contributed by atoms with Gasteiger partial charge in [-0.2, -0.15) is 0 Å². The maximum Gasteiger partial charge on any atom is 0.303 e. The van der Waals surface area contributed by atoms with E-state index in [0.717, 1.165) is 44.9 Å². The number of carboxylic acids is 3. The molecule has 4 aliphatic carbocycles. The van der Waals surface area contributed by atoms with Crippen molar-refractivity contribution in [3.8, 4) is 0 Å². The average Bonchev–Trinajstić information content (AvgIpc) is 3.24. The number of rotatable bonds is 9. The standard InChI is InChI=1S/C29H44O2.C5H8O4.C2H4O2/c1-17(2)18(3)8-9-19(4)21-11-12-22-20-10-13-24-27(5,6)25(30)14-15-29(24)26(20)23(31-29)16-28(21,22)7;6-4(7)2-1-3-5(8)9;1-2(3)4/h12,17,19,21,23-25,30H,3,8-11,13-16H2,1-2,4-7H3;1-3H2,(H,6,7)(H,8,9);1H3,(H,3,4)/t19-,21?,23?,24?,25+,28?,29?;;/m1../s1. The Labute approximate surface area is 263 Å². The van der Waals surface area contributed by atoms with Crippen molar-refractivity contribution in [2.75, 3.05) is 0 Å². The van der Waals surface area contributed by atoms with Crippen molar-refractivity contribution in [2.45, 2.75) is 137 Å². The molecule has 5 unspecified atom stereocenters. The number of aliphatic hydroxyl groups is 1. The lowest BCUT2D eigenvalue weighted by molar-refractivity contribution is -0.249. The van der Waals surface area contributed by atoms with E-state index >= 15 is 0 Å². The van der Waals surface area contributed by atoms with Crippen molar-refractivity contribution in [1.29, 1.82) is 0 Å². The van der Waals surface area contributed by atoms with Crippen LogP contribution in [0.15, 0.2) is 34.9 Å². The van der Waals surface area contributed by atoms with E-state index in [1.807, 2.05) is 0 Å². The molecule has 4 N–H and O–H groups in total. The van der Waals surface area contributed by atoms with E-state index in [2.05, 4.69) is 54.2 Å². The van der Waals surface area contributed by atoms with Gasteiger partial charge >= 0.3 is 11.9 Å². The van der Waals surface area contributed by atoms with Gasteiger partial charge in [-0.05, 0) is 109 Å². The van der Waals surface area contributed by atoms with Gasteiger partial charge in [0.25, 0.3) is 5.97 Å². The lowest BCUT2D eigenvalue weighted by atomic mass is 9.47. The van der Waals surface area contributed by atoms with Gasteiger partial charge < -0.3 is 25.2 Å². The molecule has 8 heteroatoms. The second-order valence-corrected chi connectivity index (χ2v) is 14.9. The molecule has 0 aromatic carbocycles. The molecular formula is C36H56O8. The van der Waals surface area contributed by atoms with E-state index < -0.39 is 17.9 Å². The third-order valence-electron chi connectivity index (χ3n) is 11.4. The minimum Gasteiger partial charge on any atom is -0.481 e. The summed E-state index contributed by atoms with van der Waals surface area (Å²) in [6, 6.07) is 0. The molecule has 7 atom stereocenters. The highest BCUT2D eigenvalue weighted by atomic mass is 16.5. The van der Waals surface area contributed by atoms with Crippen LogP contribution < -0.4 is 0 Å². The largest absolute Gasteiger partial charge is 0.481 e. The molecule has 0 amide bonds. The van der Waals surface area contributed by atoms with Crippen molar-refractivity contribution in [3.05, 3.63) is 34.9 Å². The van der Waals surface area contributed by atoms with Crippen LogP contribution in [0.1, 0.15) is 119 Å². The summed E-state index contributed by atoms with van der Waals surface area (Å²) in [6.07, 6.45) is 11.9. The van der Waals surface area contributed by atoms with Crippen LogP contribution in [-0.4, -0.2) is 56.1 Å². The molecule has 0 bridgehead atoms. The van der Waals surface area contributed by atoms with Gasteiger partial charge in [-0.1, -0.05) is 59.8 Å². The number of aliphatic carboxylic acids is 3. The van der Waals surface area contributed by atoms with Crippen molar-refractivity contribution in [2.24, 2.45) is 34.5 Å². The first-order valence-corrected chi connectivity index (χ1v) is 16.5. The lowest BCUT2D eigenvalue weighted by Crippen LogP contribution is -2.69. The van der Waals surface area contributed by atoms with Crippen LogP contribution in [0.2, 0.25) is 0 Å². The zero-order valence-electron chi connectivity index (χ0n) is 27.9. The van der Waals surface area contributed by atoms with Gasteiger partial charge in [-0.25, -0.2) is 0 Å². The first-order valence-electron chi connectivity index (χ1n) is 16.5. The summed E-state index contributed by atoms with van der Waals surface area (Å²) in [5.41, 5.74) is 6.57. The van der Waals surface area contributed by atoms with Crippen LogP contribution in [-0.2, 0) is 19.1 Å². The van der Waals surface area contributed by atoms with E-state index in [4.69, 9.17) is 24.9 Å². The summed E-state index contributed by atoms with van der Waals surface area (Å²) in [4.78, 5) is 28.6. The van der Waals surface area contributed by atoms with Crippen molar-refractivity contribution in [1.82, 2.24) is 0 Å². The van der Waals surface area contributed by atoms with E-state index in [0.29, 0.717) is 23.9 Å². The maximum atomic E-state index is 10.7. The molecule has 1 heterocycles. The van der Waals surface area contributed by atoms with E-state index in [9.17, 15) is 14.7 Å². The Morgan fingerprint density at radius 1 is 1.02 bits per heavy atom. The summed E-state index contributed by atoms with van der Waals surface area (Å²) < 4.78 is 6.91. The SMILES string of the molecule is C=C(CC[C@@H](C)C1CC=C2C3=C4C(CC21C)OC41CC[C@H](O)C(C)(C)C1CC3)C(C)C.CC(=O)O.O=C(O)CCCC(=O)O. The Morgan fingerprint density at radius 2 is 1.61 bits per heavy atom. The van der Waals surface area contributed by atoms with Gasteiger partial charge in [0.1, 0.15) is 0 Å². The molecule has 0 aromatic heterocycles. The highest BCUT2D eigenvalue weighted by molar-refractivity contribution is 5.69. The molecule has 1 aliphatic heterocycles. The zero-order valence-corrected chi connectivity index (χ0v) is 27.9. The number of fused-ring (bicyclic) bond motifs is 2. The summed E-state index contributed by atoms with van der Waals surface area (Å²) in [5, 5.41) is 34.2. The molecule has 5 rings (SSSR count). The summed E-state index contributed by atoms with van der Waals surface area (Å²) in [5.74, 6) is -0.241. The number of carbonyl (C=O) groups is 3. The third kappa shape index (κ3) is 7.17. The molecule has 44 heavy (non-hydrogen) atoms. The first kappa shape index (κ1) is 36.0. The summed E-state index contributed by atoms with van der Waals surface area (Å²) >= 11 is 0. The third-order valence-corrected chi connectivity index (χ3v) is 11.4. The fraction of sp³-hybridized carbons (Fsp3) is 0.750. The smallest absolute Gasteiger partial charge is 0.303 e. The van der Waals surface area contributed by atoms with Crippen LogP contribution in [0.5, 0.6) is 0 Å². The van der Waals surface area contributed by atoms with Crippen LogP contribution in [0.25, 0.3) is 0 Å². The van der Waals surface area contributed by atoms with Gasteiger partial charge in [0, 0.05) is 19.8 Å². The molecule has 1 saturated carbocycles. The Balaban J connectivity index is 0.000000345. The predicted octanol–water partition coefficient (Wildman–Crippen LogP) is 7.41. The van der Waals surface area contributed by atoms with Crippen LogP contribution in [0.4, 0.5) is 0 Å². The lowest BCUT2D eigenvalue weighted by Gasteiger charge is -2.67. The minimum atomic E-state index is -0.948. The highest BCUT2D eigenvalue weighted by Gasteiger charge is 2.68. The highest BCUT2D eigenvalue weighted by Crippen LogP contribution is 2.69. The van der Waals surface area contributed by atoms with Crippen molar-refractivity contribution in [3.63, 3.8) is 0 Å². The van der Waals surface area contributed by atoms with E-state index in [1.54, 1.807) is 16.7 Å². The molecule has 248 valence electrons. The van der Waals surface area contributed by atoms with E-state index in [1.165, 1.54) is 24.8 Å². The monoisotopic (exact) mass is 616 g/mol. The fourth-order valence-electron chi connectivity index (χ4n) is 8.89. The van der Waals surface area contributed by atoms with Crippen LogP contribution in [0.3, 0.4) is 0 Å². The molecule has 1 spiro atoms. The normalized spacial score (nSPS) is 33.1. The average molecular weight is 617 g/mol. The first-order chi connectivity index (χ1) is 20.4. The van der Waals surface area contributed by atoms with Crippen LogP contribution >= 0.6 is 0 Å². The molecule has 8 nitrogen and oxygen atoms in total. The quantitative estimate of drug-likeness (QED) is 0.196. The predicted molar refractivity (Wildman–Crippen MR) is 170 cm³/mol. The Hall–Kier alpha value is -2.45. The number of hydrogen-bond acceptors (Lipinski definition) is 5. The van der Waals surface area contributed by atoms with Crippen molar-refractivity contribution < 1.29 is 39.5 Å². The molecule has 5 aliphatic rings. The maximum absolute atomic E-state index is 10.7. The van der Waals surface area contributed by atoms with Gasteiger partial charge in [0.2, 0.25) is 0 Å². The Kier molecular flexibility index (Phi) is 11.4. The van der Waals surface area contributed by atoms with Gasteiger partial charge in [0.05, 0.1) is 17.8 Å². The van der Waals surface area contributed by atoms with E-state index in [-0.39, 0.29) is 41.8 Å². The zero-order chi connectivity index (χ0) is 33.2. The number of carboxylic acid groups (broad SMARTS) is 3. The minimum absolute atomic E-state index is 0.0532. The van der Waals surface area contributed by atoms with Gasteiger partial charge in [-0.15, -0.1) is 0 Å². The summed E-state index contributed by atoms with van der Waals surface area (Å²) in [7, 11) is 0.